The molecule has 0 saturated heterocycles. The van der Waals surface area contributed by atoms with Crippen LogP contribution < -0.4 is 5.32 Å². The van der Waals surface area contributed by atoms with Crippen LogP contribution in [0.2, 0.25) is 0 Å². The summed E-state index contributed by atoms with van der Waals surface area (Å²) < 4.78 is 36.2. The molecule has 0 radical (unpaired) electrons. The van der Waals surface area contributed by atoms with Gasteiger partial charge in [-0.25, -0.2) is 0 Å². The molecule has 6 heteroatoms. The second-order valence-electron chi connectivity index (χ2n) is 3.93. The Balaban J connectivity index is 2.11. The van der Waals surface area contributed by atoms with Gasteiger partial charge in [-0.1, -0.05) is 24.3 Å². The number of aliphatic hydroxyl groups is 1. The molecule has 1 amide bonds. The molecule has 2 N–H and O–H groups in total. The summed E-state index contributed by atoms with van der Waals surface area (Å²) in [6.07, 6.45) is -5.80. The van der Waals surface area contributed by atoms with Crippen molar-refractivity contribution in [2.45, 2.75) is 24.7 Å². The highest BCUT2D eigenvalue weighted by Gasteiger charge is 2.42. The number of fused-ring (bicyclic) bond motifs is 1. The van der Waals surface area contributed by atoms with E-state index in [1.165, 1.54) is 0 Å². The summed E-state index contributed by atoms with van der Waals surface area (Å²) in [5, 5.41) is 11.6. The summed E-state index contributed by atoms with van der Waals surface area (Å²) in [5.41, 5.74) is 1.33. The number of carbonyl (C=O) groups is 1. The van der Waals surface area contributed by atoms with Crippen LogP contribution in [0.5, 0.6) is 0 Å². The predicted octanol–water partition coefficient (Wildman–Crippen LogP) is 1.32. The van der Waals surface area contributed by atoms with E-state index in [0.717, 1.165) is 5.56 Å². The summed E-state index contributed by atoms with van der Waals surface area (Å²) in [6, 6.07) is 5.87. The van der Waals surface area contributed by atoms with Crippen LogP contribution in [0.4, 0.5) is 13.2 Å². The van der Waals surface area contributed by atoms with E-state index >= 15 is 0 Å². The molecule has 1 aromatic rings. The van der Waals surface area contributed by atoms with Gasteiger partial charge in [-0.05, 0) is 17.5 Å². The Hall–Kier alpha value is -1.56. The molecular formula is C11H10F3NO2. The lowest BCUT2D eigenvalue weighted by Gasteiger charge is -2.17. The first kappa shape index (κ1) is 11.9. The predicted molar refractivity (Wildman–Crippen MR) is 53.1 cm³/mol. The molecule has 0 saturated carbocycles. The molecule has 0 spiro atoms. The SMILES string of the molecule is O=C(N[C@H]1Cc2ccccc2C1O)C(F)(F)F. The summed E-state index contributed by atoms with van der Waals surface area (Å²) in [7, 11) is 0. The molecule has 2 rings (SSSR count). The molecular weight excluding hydrogens is 235 g/mol. The zero-order valence-electron chi connectivity index (χ0n) is 8.66. The minimum atomic E-state index is -4.92. The molecule has 92 valence electrons. The molecule has 17 heavy (non-hydrogen) atoms. The van der Waals surface area contributed by atoms with E-state index in [9.17, 15) is 23.1 Å². The summed E-state index contributed by atoms with van der Waals surface area (Å²) in [6.45, 7) is 0. The number of hydrogen-bond donors (Lipinski definition) is 2. The van der Waals surface area contributed by atoms with Gasteiger partial charge in [0.05, 0.1) is 12.1 Å². The Bertz CT molecular complexity index is 445. The Morgan fingerprint density at radius 3 is 2.59 bits per heavy atom. The number of halogens is 3. The molecule has 1 aliphatic rings. The Labute approximate surface area is 95.3 Å². The number of aliphatic hydroxyl groups excluding tert-OH is 1. The third kappa shape index (κ3) is 2.26. The van der Waals surface area contributed by atoms with Crippen LogP contribution in [-0.4, -0.2) is 23.2 Å². The van der Waals surface area contributed by atoms with Crippen molar-refractivity contribution >= 4 is 5.91 Å². The zero-order valence-corrected chi connectivity index (χ0v) is 8.66. The van der Waals surface area contributed by atoms with Gasteiger partial charge in [-0.2, -0.15) is 13.2 Å². The molecule has 0 bridgehead atoms. The van der Waals surface area contributed by atoms with Crippen molar-refractivity contribution in [3.05, 3.63) is 35.4 Å². The first-order chi connectivity index (χ1) is 7.89. The number of hydrogen-bond acceptors (Lipinski definition) is 2. The second kappa shape index (κ2) is 4.03. The lowest BCUT2D eigenvalue weighted by Crippen LogP contribution is -2.44. The number of amides is 1. The highest BCUT2D eigenvalue weighted by Crippen LogP contribution is 2.31. The van der Waals surface area contributed by atoms with Crippen molar-refractivity contribution in [1.29, 1.82) is 0 Å². The van der Waals surface area contributed by atoms with Gasteiger partial charge in [0.2, 0.25) is 0 Å². The number of carbonyl (C=O) groups excluding carboxylic acids is 1. The average molecular weight is 245 g/mol. The van der Waals surface area contributed by atoms with E-state index < -0.39 is 24.2 Å². The molecule has 3 nitrogen and oxygen atoms in total. The number of benzene rings is 1. The van der Waals surface area contributed by atoms with Crippen molar-refractivity contribution in [2.24, 2.45) is 0 Å². The fourth-order valence-corrected chi connectivity index (χ4v) is 1.95. The van der Waals surface area contributed by atoms with Gasteiger partial charge in [-0.15, -0.1) is 0 Å². The maximum atomic E-state index is 12.1. The Morgan fingerprint density at radius 2 is 2.00 bits per heavy atom. The van der Waals surface area contributed by atoms with Gasteiger partial charge in [0.15, 0.2) is 0 Å². The number of rotatable bonds is 1. The molecule has 1 aliphatic carbocycles. The second-order valence-corrected chi connectivity index (χ2v) is 3.93. The van der Waals surface area contributed by atoms with Crippen molar-refractivity contribution < 1.29 is 23.1 Å². The van der Waals surface area contributed by atoms with Crippen LogP contribution in [0.25, 0.3) is 0 Å². The fraction of sp³-hybridized carbons (Fsp3) is 0.364. The number of alkyl halides is 3. The molecule has 2 atom stereocenters. The van der Waals surface area contributed by atoms with Crippen LogP contribution in [0, 0.1) is 0 Å². The minimum Gasteiger partial charge on any atom is -0.386 e. The Kier molecular flexibility index (Phi) is 2.82. The third-order valence-electron chi connectivity index (χ3n) is 2.77. The van der Waals surface area contributed by atoms with Gasteiger partial charge >= 0.3 is 12.1 Å². The van der Waals surface area contributed by atoms with Crippen LogP contribution in [-0.2, 0) is 11.2 Å². The lowest BCUT2D eigenvalue weighted by molar-refractivity contribution is -0.175. The fourth-order valence-electron chi connectivity index (χ4n) is 1.95. The zero-order chi connectivity index (χ0) is 12.6. The van der Waals surface area contributed by atoms with Crippen molar-refractivity contribution in [1.82, 2.24) is 5.32 Å². The Morgan fingerprint density at radius 1 is 1.35 bits per heavy atom. The largest absolute Gasteiger partial charge is 0.471 e. The van der Waals surface area contributed by atoms with E-state index in [-0.39, 0.29) is 6.42 Å². The van der Waals surface area contributed by atoms with E-state index in [4.69, 9.17) is 0 Å². The number of nitrogens with one attached hydrogen (secondary N) is 1. The summed E-state index contributed by atoms with van der Waals surface area (Å²) in [5.74, 6) is -2.02. The minimum absolute atomic E-state index is 0.208. The van der Waals surface area contributed by atoms with Crippen LogP contribution >= 0.6 is 0 Å². The normalized spacial score (nSPS) is 23.3. The van der Waals surface area contributed by atoms with E-state index in [0.29, 0.717) is 5.56 Å². The smallest absolute Gasteiger partial charge is 0.386 e. The van der Waals surface area contributed by atoms with Crippen molar-refractivity contribution in [3.8, 4) is 0 Å². The highest BCUT2D eigenvalue weighted by molar-refractivity contribution is 5.82. The van der Waals surface area contributed by atoms with E-state index in [1.54, 1.807) is 29.6 Å². The van der Waals surface area contributed by atoms with Gasteiger partial charge in [0.1, 0.15) is 0 Å². The average Bonchev–Trinajstić information content (AvgIpc) is 2.55. The van der Waals surface area contributed by atoms with Gasteiger partial charge in [0, 0.05) is 0 Å². The molecule has 0 aromatic heterocycles. The first-order valence-electron chi connectivity index (χ1n) is 5.03. The van der Waals surface area contributed by atoms with Gasteiger partial charge < -0.3 is 10.4 Å². The van der Waals surface area contributed by atoms with Gasteiger partial charge in [-0.3, -0.25) is 4.79 Å². The van der Waals surface area contributed by atoms with Crippen molar-refractivity contribution in [2.75, 3.05) is 0 Å². The monoisotopic (exact) mass is 245 g/mol. The summed E-state index contributed by atoms with van der Waals surface area (Å²) >= 11 is 0. The quantitative estimate of drug-likeness (QED) is 0.784. The molecule has 0 aliphatic heterocycles. The molecule has 1 unspecified atom stereocenters. The van der Waals surface area contributed by atoms with Crippen LogP contribution in [0.1, 0.15) is 17.2 Å². The first-order valence-corrected chi connectivity index (χ1v) is 5.03. The standard InChI is InChI=1S/C11H10F3NO2/c12-11(13,14)10(17)15-8-5-6-3-1-2-4-7(6)9(8)16/h1-4,8-9,16H,5H2,(H,15,17)/t8-,9?/m0/s1. The van der Waals surface area contributed by atoms with Crippen LogP contribution in [0.3, 0.4) is 0 Å². The molecule has 1 aromatic carbocycles. The maximum absolute atomic E-state index is 12.1. The lowest BCUT2D eigenvalue weighted by atomic mass is 10.1. The molecule has 0 heterocycles. The highest BCUT2D eigenvalue weighted by atomic mass is 19.4. The maximum Gasteiger partial charge on any atom is 0.471 e. The summed E-state index contributed by atoms with van der Waals surface area (Å²) in [4.78, 5) is 10.8. The third-order valence-corrected chi connectivity index (χ3v) is 2.77. The topological polar surface area (TPSA) is 49.3 Å². The van der Waals surface area contributed by atoms with Gasteiger partial charge in [0.25, 0.3) is 0 Å². The van der Waals surface area contributed by atoms with E-state index in [2.05, 4.69) is 0 Å². The van der Waals surface area contributed by atoms with Crippen molar-refractivity contribution in [3.63, 3.8) is 0 Å². The van der Waals surface area contributed by atoms with E-state index in [1.807, 2.05) is 0 Å². The molecule has 0 fully saturated rings. The van der Waals surface area contributed by atoms with Crippen LogP contribution in [0.15, 0.2) is 24.3 Å².